The van der Waals surface area contributed by atoms with E-state index < -0.39 is 23.1 Å². The van der Waals surface area contributed by atoms with E-state index >= 15 is 0 Å². The average molecular weight is 242 g/mol. The summed E-state index contributed by atoms with van der Waals surface area (Å²) in [5.41, 5.74) is 3.98. The van der Waals surface area contributed by atoms with Crippen molar-refractivity contribution in [1.82, 2.24) is 5.32 Å². The zero-order valence-corrected chi connectivity index (χ0v) is 10.1. The quantitative estimate of drug-likeness (QED) is 0.843. The van der Waals surface area contributed by atoms with Crippen molar-refractivity contribution in [2.75, 3.05) is 0 Å². The van der Waals surface area contributed by atoms with Crippen LogP contribution in [-0.2, 0) is 10.3 Å². The first-order valence-corrected chi connectivity index (χ1v) is 5.30. The molecule has 0 bridgehead atoms. The lowest BCUT2D eigenvalue weighted by Crippen LogP contribution is -2.53. The molecule has 0 aliphatic heterocycles. The van der Waals surface area contributed by atoms with Crippen LogP contribution in [0.15, 0.2) is 18.2 Å². The minimum atomic E-state index is -1.36. The van der Waals surface area contributed by atoms with Crippen LogP contribution in [0.5, 0.6) is 0 Å². The molecule has 1 unspecified atom stereocenters. The number of hydrogen-bond acceptors (Lipinski definition) is 2. The number of halogens is 2. The summed E-state index contributed by atoms with van der Waals surface area (Å²) in [6.45, 7) is 5.09. The van der Waals surface area contributed by atoms with E-state index in [-0.39, 0.29) is 11.6 Å². The van der Waals surface area contributed by atoms with E-state index in [0.29, 0.717) is 0 Å². The molecule has 0 saturated carbocycles. The predicted molar refractivity (Wildman–Crippen MR) is 61.2 cm³/mol. The first kappa shape index (κ1) is 13.6. The zero-order chi connectivity index (χ0) is 13.2. The summed E-state index contributed by atoms with van der Waals surface area (Å²) >= 11 is 0. The van der Waals surface area contributed by atoms with Gasteiger partial charge in [0.2, 0.25) is 5.91 Å². The van der Waals surface area contributed by atoms with E-state index in [1.54, 1.807) is 0 Å². The van der Waals surface area contributed by atoms with E-state index in [4.69, 9.17) is 5.73 Å². The Labute approximate surface area is 99.0 Å². The maximum absolute atomic E-state index is 13.7. The SMILES string of the molecule is CC(C)NC(C)(C(N)=O)c1ccc(F)cc1F. The van der Waals surface area contributed by atoms with Crippen LogP contribution in [0.25, 0.3) is 0 Å². The highest BCUT2D eigenvalue weighted by Gasteiger charge is 2.36. The Bertz CT molecular complexity index is 435. The number of benzene rings is 1. The molecule has 0 spiro atoms. The normalized spacial score (nSPS) is 14.7. The van der Waals surface area contributed by atoms with Crippen molar-refractivity contribution in [3.05, 3.63) is 35.4 Å². The Kier molecular flexibility index (Phi) is 3.83. The Morgan fingerprint density at radius 2 is 2.00 bits per heavy atom. The molecule has 0 saturated heterocycles. The van der Waals surface area contributed by atoms with Gasteiger partial charge in [-0.15, -0.1) is 0 Å². The van der Waals surface area contributed by atoms with Crippen LogP contribution in [-0.4, -0.2) is 11.9 Å². The minimum absolute atomic E-state index is 0.0418. The second-order valence-electron chi connectivity index (χ2n) is 4.41. The Hall–Kier alpha value is -1.49. The van der Waals surface area contributed by atoms with Gasteiger partial charge in [0.15, 0.2) is 0 Å². The van der Waals surface area contributed by atoms with Crippen LogP contribution < -0.4 is 11.1 Å². The second-order valence-corrected chi connectivity index (χ2v) is 4.41. The van der Waals surface area contributed by atoms with Crippen LogP contribution in [0.4, 0.5) is 8.78 Å². The molecule has 0 aromatic heterocycles. The van der Waals surface area contributed by atoms with Crippen LogP contribution >= 0.6 is 0 Å². The molecule has 94 valence electrons. The summed E-state index contributed by atoms with van der Waals surface area (Å²) in [4.78, 5) is 11.5. The van der Waals surface area contributed by atoms with Gasteiger partial charge >= 0.3 is 0 Å². The van der Waals surface area contributed by atoms with Gasteiger partial charge in [-0.3, -0.25) is 10.1 Å². The van der Waals surface area contributed by atoms with Gasteiger partial charge in [0, 0.05) is 17.7 Å². The topological polar surface area (TPSA) is 55.1 Å². The number of hydrogen-bond donors (Lipinski definition) is 2. The number of rotatable bonds is 4. The molecular formula is C12H16F2N2O. The average Bonchev–Trinajstić information content (AvgIpc) is 2.15. The molecule has 3 N–H and O–H groups in total. The van der Waals surface area contributed by atoms with Gasteiger partial charge in [0.05, 0.1) is 0 Å². The van der Waals surface area contributed by atoms with E-state index in [1.807, 2.05) is 13.8 Å². The molecule has 17 heavy (non-hydrogen) atoms. The van der Waals surface area contributed by atoms with Crippen molar-refractivity contribution in [1.29, 1.82) is 0 Å². The van der Waals surface area contributed by atoms with Gasteiger partial charge in [0.1, 0.15) is 17.2 Å². The standard InChI is InChI=1S/C12H16F2N2O/c1-7(2)16-12(3,11(15)17)9-5-4-8(13)6-10(9)14/h4-7,16H,1-3H3,(H2,15,17). The maximum atomic E-state index is 13.7. The fraction of sp³-hybridized carbons (Fsp3) is 0.417. The van der Waals surface area contributed by atoms with Gasteiger partial charge in [0.25, 0.3) is 0 Å². The highest BCUT2D eigenvalue weighted by Crippen LogP contribution is 2.24. The molecule has 0 aliphatic carbocycles. The molecule has 1 amide bonds. The minimum Gasteiger partial charge on any atom is -0.368 e. The largest absolute Gasteiger partial charge is 0.368 e. The van der Waals surface area contributed by atoms with Crippen LogP contribution in [0.1, 0.15) is 26.3 Å². The zero-order valence-electron chi connectivity index (χ0n) is 10.1. The first-order valence-electron chi connectivity index (χ1n) is 5.30. The smallest absolute Gasteiger partial charge is 0.242 e. The molecule has 1 atom stereocenters. The summed E-state index contributed by atoms with van der Waals surface area (Å²) in [6.07, 6.45) is 0. The van der Waals surface area contributed by atoms with Crippen molar-refractivity contribution in [3.8, 4) is 0 Å². The lowest BCUT2D eigenvalue weighted by atomic mass is 9.90. The van der Waals surface area contributed by atoms with Crippen molar-refractivity contribution in [3.63, 3.8) is 0 Å². The number of nitrogens with two attached hydrogens (primary N) is 1. The fourth-order valence-corrected chi connectivity index (χ4v) is 1.75. The van der Waals surface area contributed by atoms with Crippen LogP contribution in [0.3, 0.4) is 0 Å². The highest BCUT2D eigenvalue weighted by atomic mass is 19.1. The van der Waals surface area contributed by atoms with Crippen molar-refractivity contribution in [2.45, 2.75) is 32.4 Å². The van der Waals surface area contributed by atoms with Gasteiger partial charge in [-0.1, -0.05) is 6.07 Å². The number of primary amides is 1. The molecule has 0 radical (unpaired) electrons. The number of carbonyl (C=O) groups is 1. The van der Waals surface area contributed by atoms with E-state index in [1.165, 1.54) is 13.0 Å². The predicted octanol–water partition coefficient (Wildman–Crippen LogP) is 1.66. The Morgan fingerprint density at radius 1 is 1.41 bits per heavy atom. The summed E-state index contributed by atoms with van der Waals surface area (Å²) in [7, 11) is 0. The summed E-state index contributed by atoms with van der Waals surface area (Å²) < 4.78 is 26.5. The lowest BCUT2D eigenvalue weighted by molar-refractivity contribution is -0.124. The molecular weight excluding hydrogens is 226 g/mol. The van der Waals surface area contributed by atoms with E-state index in [0.717, 1.165) is 12.1 Å². The number of carbonyl (C=O) groups excluding carboxylic acids is 1. The molecule has 3 nitrogen and oxygen atoms in total. The third-order valence-electron chi connectivity index (χ3n) is 2.54. The van der Waals surface area contributed by atoms with E-state index in [9.17, 15) is 13.6 Å². The van der Waals surface area contributed by atoms with Gasteiger partial charge in [-0.25, -0.2) is 8.78 Å². The molecule has 5 heteroatoms. The fourth-order valence-electron chi connectivity index (χ4n) is 1.75. The first-order chi connectivity index (χ1) is 7.77. The Balaban J connectivity index is 3.27. The van der Waals surface area contributed by atoms with Gasteiger partial charge < -0.3 is 5.73 Å². The summed E-state index contributed by atoms with van der Waals surface area (Å²) in [5, 5.41) is 2.90. The van der Waals surface area contributed by atoms with Gasteiger partial charge in [-0.2, -0.15) is 0 Å². The van der Waals surface area contributed by atoms with Gasteiger partial charge in [-0.05, 0) is 26.8 Å². The molecule has 1 rings (SSSR count). The summed E-state index contributed by atoms with van der Waals surface area (Å²) in [6, 6.07) is 2.99. The molecule has 0 aliphatic rings. The van der Waals surface area contributed by atoms with Crippen molar-refractivity contribution in [2.24, 2.45) is 5.73 Å². The number of amides is 1. The third kappa shape index (κ3) is 2.79. The molecule has 0 heterocycles. The monoisotopic (exact) mass is 242 g/mol. The van der Waals surface area contributed by atoms with Crippen LogP contribution in [0, 0.1) is 11.6 Å². The lowest BCUT2D eigenvalue weighted by Gasteiger charge is -2.30. The molecule has 1 aromatic rings. The maximum Gasteiger partial charge on any atom is 0.242 e. The highest BCUT2D eigenvalue weighted by molar-refractivity contribution is 5.85. The van der Waals surface area contributed by atoms with Crippen molar-refractivity contribution >= 4 is 5.91 Å². The summed E-state index contributed by atoms with van der Waals surface area (Å²) in [5.74, 6) is -2.20. The third-order valence-corrected chi connectivity index (χ3v) is 2.54. The van der Waals surface area contributed by atoms with E-state index in [2.05, 4.69) is 5.32 Å². The number of nitrogens with one attached hydrogen (secondary N) is 1. The molecule has 0 fully saturated rings. The van der Waals surface area contributed by atoms with Crippen molar-refractivity contribution < 1.29 is 13.6 Å². The second kappa shape index (κ2) is 4.79. The Morgan fingerprint density at radius 3 is 2.41 bits per heavy atom. The van der Waals surface area contributed by atoms with Crippen LogP contribution in [0.2, 0.25) is 0 Å². The molecule has 1 aromatic carbocycles.